The number of benzene rings is 1. The van der Waals surface area contributed by atoms with Crippen LogP contribution in [-0.2, 0) is 12.7 Å². The van der Waals surface area contributed by atoms with Crippen LogP contribution < -0.4 is 5.73 Å². The minimum Gasteiger partial charge on any atom is -0.364 e. The Bertz CT molecular complexity index is 1240. The first-order valence-corrected chi connectivity index (χ1v) is 12.0. The van der Waals surface area contributed by atoms with Gasteiger partial charge >= 0.3 is 12.2 Å². The van der Waals surface area contributed by atoms with E-state index in [1.807, 2.05) is 6.07 Å². The van der Waals surface area contributed by atoms with E-state index in [1.165, 1.54) is 29.7 Å². The number of rotatable bonds is 3. The zero-order valence-electron chi connectivity index (χ0n) is 18.3. The quantitative estimate of drug-likeness (QED) is 0.592. The third-order valence-corrected chi connectivity index (χ3v) is 8.07. The number of nitrogens with two attached hydrogens (primary N) is 1. The van der Waals surface area contributed by atoms with Crippen LogP contribution in [0, 0.1) is 0 Å². The number of piperidine rings is 1. The van der Waals surface area contributed by atoms with Gasteiger partial charge < -0.3 is 10.6 Å². The number of thiophene rings is 1. The first-order chi connectivity index (χ1) is 16.1. The fraction of sp³-hybridized carbons (Fsp3) is 0.435. The van der Waals surface area contributed by atoms with Crippen molar-refractivity contribution in [2.75, 3.05) is 19.6 Å². The summed E-state index contributed by atoms with van der Waals surface area (Å²) in [5.74, 6) is -0.679. The van der Waals surface area contributed by atoms with E-state index in [2.05, 4.69) is 10.00 Å². The Kier molecular flexibility index (Phi) is 5.64. The van der Waals surface area contributed by atoms with Crippen molar-refractivity contribution in [3.8, 4) is 0 Å². The largest absolute Gasteiger partial charge is 0.416 e. The fourth-order valence-corrected chi connectivity index (χ4v) is 6.28. The summed E-state index contributed by atoms with van der Waals surface area (Å²) in [5.41, 5.74) is 4.63. The highest BCUT2D eigenvalue weighted by Gasteiger charge is 2.44. The maximum Gasteiger partial charge on any atom is 0.416 e. The second-order valence-electron chi connectivity index (χ2n) is 8.99. The highest BCUT2D eigenvalue weighted by Crippen LogP contribution is 2.41. The third kappa shape index (κ3) is 4.18. The average Bonchev–Trinajstić information content (AvgIpc) is 3.52. The highest BCUT2D eigenvalue weighted by atomic mass is 32.1. The molecule has 0 atom stereocenters. The summed E-state index contributed by atoms with van der Waals surface area (Å²) in [6, 6.07) is 7.03. The molecule has 180 valence electrons. The van der Waals surface area contributed by atoms with Crippen molar-refractivity contribution in [1.29, 1.82) is 0 Å². The van der Waals surface area contributed by atoms with Gasteiger partial charge in [0.15, 0.2) is 5.69 Å². The van der Waals surface area contributed by atoms with Crippen molar-refractivity contribution in [2.24, 2.45) is 5.73 Å². The van der Waals surface area contributed by atoms with Crippen LogP contribution in [0.4, 0.5) is 18.0 Å². The minimum absolute atomic E-state index is 0.0212. The molecule has 0 aliphatic carbocycles. The SMILES string of the molecule is NC(=O)c1ccn(C(=O)N2CCC3(CCCN3Cc3cc4ccc(C(F)(F)F)cc4s3)CC2)n1. The van der Waals surface area contributed by atoms with E-state index in [0.29, 0.717) is 24.3 Å². The number of carbonyl (C=O) groups is 2. The molecular formula is C23H24F3N5O2S. The van der Waals surface area contributed by atoms with Crippen molar-refractivity contribution < 1.29 is 22.8 Å². The van der Waals surface area contributed by atoms with Crippen molar-refractivity contribution in [3.63, 3.8) is 0 Å². The standard InChI is InChI=1S/C23H24F3N5O2S/c24-23(25,26)16-3-2-15-12-17(34-19(15)13-16)14-30-8-1-5-22(30)6-10-29(11-7-22)21(33)31-9-4-18(28-31)20(27)32/h2-4,9,12-13H,1,5-8,10-11,14H2,(H2,27,32). The van der Waals surface area contributed by atoms with Crippen LogP contribution in [0.15, 0.2) is 36.5 Å². The van der Waals surface area contributed by atoms with Crippen LogP contribution in [0.1, 0.15) is 46.6 Å². The molecule has 2 N–H and O–H groups in total. The highest BCUT2D eigenvalue weighted by molar-refractivity contribution is 7.19. The van der Waals surface area contributed by atoms with Crippen molar-refractivity contribution in [3.05, 3.63) is 52.7 Å². The van der Waals surface area contributed by atoms with Crippen LogP contribution in [-0.4, -0.2) is 56.7 Å². The molecule has 5 rings (SSSR count). The van der Waals surface area contributed by atoms with E-state index in [-0.39, 0.29) is 17.3 Å². The van der Waals surface area contributed by atoms with Crippen LogP contribution in [0.3, 0.4) is 0 Å². The molecule has 11 heteroatoms. The normalized spacial score (nSPS) is 18.7. The van der Waals surface area contributed by atoms with Gasteiger partial charge in [-0.3, -0.25) is 9.69 Å². The number of primary amides is 1. The van der Waals surface area contributed by atoms with Gasteiger partial charge in [0, 0.05) is 40.9 Å². The van der Waals surface area contributed by atoms with Crippen molar-refractivity contribution >= 4 is 33.4 Å². The van der Waals surface area contributed by atoms with Crippen molar-refractivity contribution in [2.45, 2.75) is 43.9 Å². The lowest BCUT2D eigenvalue weighted by Gasteiger charge is -2.44. The predicted octanol–water partition coefficient (Wildman–Crippen LogP) is 4.31. The molecule has 2 aliphatic heterocycles. The molecule has 2 fully saturated rings. The first kappa shape index (κ1) is 22.9. The lowest BCUT2D eigenvalue weighted by molar-refractivity contribution is -0.137. The predicted molar refractivity (Wildman–Crippen MR) is 122 cm³/mol. The summed E-state index contributed by atoms with van der Waals surface area (Å²) >= 11 is 1.41. The summed E-state index contributed by atoms with van der Waals surface area (Å²) in [5, 5.41) is 4.79. The third-order valence-electron chi connectivity index (χ3n) is 6.99. The van der Waals surface area contributed by atoms with E-state index in [1.54, 1.807) is 11.0 Å². The van der Waals surface area contributed by atoms with Gasteiger partial charge in [0.1, 0.15) is 0 Å². The molecule has 7 nitrogen and oxygen atoms in total. The van der Waals surface area contributed by atoms with Gasteiger partial charge in [0.25, 0.3) is 5.91 Å². The molecule has 1 aromatic carbocycles. The number of aromatic nitrogens is 2. The van der Waals surface area contributed by atoms with Gasteiger partial charge in [0.05, 0.1) is 5.56 Å². The number of nitrogens with zero attached hydrogens (tertiary/aromatic N) is 4. The summed E-state index contributed by atoms with van der Waals surface area (Å²) < 4.78 is 41.0. The molecule has 0 unspecified atom stereocenters. The van der Waals surface area contributed by atoms with Crippen LogP contribution in [0.2, 0.25) is 0 Å². The Morgan fingerprint density at radius 1 is 1.09 bits per heavy atom. The van der Waals surface area contributed by atoms with Gasteiger partial charge in [-0.05, 0) is 61.9 Å². The fourth-order valence-electron chi connectivity index (χ4n) is 5.16. The van der Waals surface area contributed by atoms with Crippen molar-refractivity contribution in [1.82, 2.24) is 19.6 Å². The second kappa shape index (κ2) is 8.38. The summed E-state index contributed by atoms with van der Waals surface area (Å²) in [4.78, 5) is 29.3. The lowest BCUT2D eigenvalue weighted by Crippen LogP contribution is -2.53. The Balaban J connectivity index is 1.27. The molecule has 34 heavy (non-hydrogen) atoms. The van der Waals surface area contributed by atoms with E-state index >= 15 is 0 Å². The lowest BCUT2D eigenvalue weighted by atomic mass is 9.85. The van der Waals surface area contributed by atoms with Gasteiger partial charge in [-0.15, -0.1) is 11.3 Å². The maximum absolute atomic E-state index is 13.1. The van der Waals surface area contributed by atoms with E-state index in [9.17, 15) is 22.8 Å². The molecular weight excluding hydrogens is 467 g/mol. The van der Waals surface area contributed by atoms with Crippen LogP contribution in [0.25, 0.3) is 10.1 Å². The molecule has 4 heterocycles. The molecule has 2 aromatic heterocycles. The smallest absolute Gasteiger partial charge is 0.364 e. The number of likely N-dealkylation sites (tertiary alicyclic amines) is 2. The average molecular weight is 492 g/mol. The Labute approximate surface area is 197 Å². The summed E-state index contributed by atoms with van der Waals surface area (Å²) in [6.07, 6.45) is 0.808. The number of amides is 2. The summed E-state index contributed by atoms with van der Waals surface area (Å²) in [7, 11) is 0. The topological polar surface area (TPSA) is 84.5 Å². The van der Waals surface area contributed by atoms with Crippen LogP contribution in [0.5, 0.6) is 0 Å². The Morgan fingerprint density at radius 2 is 1.85 bits per heavy atom. The van der Waals surface area contributed by atoms with Crippen LogP contribution >= 0.6 is 11.3 Å². The van der Waals surface area contributed by atoms with Gasteiger partial charge in [-0.1, -0.05) is 6.07 Å². The molecule has 2 amide bonds. The van der Waals surface area contributed by atoms with Gasteiger partial charge in [-0.25, -0.2) is 4.79 Å². The number of fused-ring (bicyclic) bond motifs is 1. The van der Waals surface area contributed by atoms with E-state index in [0.717, 1.165) is 53.2 Å². The summed E-state index contributed by atoms with van der Waals surface area (Å²) in [6.45, 7) is 2.76. The Morgan fingerprint density at radius 3 is 2.53 bits per heavy atom. The minimum atomic E-state index is -4.35. The second-order valence-corrected chi connectivity index (χ2v) is 10.2. The zero-order chi connectivity index (χ0) is 24.1. The van der Waals surface area contributed by atoms with Gasteiger partial charge in [-0.2, -0.15) is 23.0 Å². The first-order valence-electron chi connectivity index (χ1n) is 11.1. The maximum atomic E-state index is 13.1. The van der Waals surface area contributed by atoms with E-state index < -0.39 is 17.6 Å². The van der Waals surface area contributed by atoms with E-state index in [4.69, 9.17) is 5.73 Å². The molecule has 2 saturated heterocycles. The monoisotopic (exact) mass is 491 g/mol. The number of halogens is 3. The molecule has 0 radical (unpaired) electrons. The number of alkyl halides is 3. The number of carbonyl (C=O) groups excluding carboxylic acids is 2. The molecule has 0 bridgehead atoms. The number of hydrogen-bond donors (Lipinski definition) is 1. The molecule has 2 aliphatic rings. The number of hydrogen-bond acceptors (Lipinski definition) is 5. The molecule has 3 aromatic rings. The Hall–Kier alpha value is -2.92. The van der Waals surface area contributed by atoms with Gasteiger partial charge in [0.2, 0.25) is 0 Å². The molecule has 1 spiro atoms. The zero-order valence-corrected chi connectivity index (χ0v) is 19.2. The molecule has 0 saturated carbocycles.